The summed E-state index contributed by atoms with van der Waals surface area (Å²) >= 11 is 1.35. The van der Waals surface area contributed by atoms with E-state index in [4.69, 9.17) is 4.74 Å². The largest absolute Gasteiger partial charge is 0.463 e. The third-order valence-electron chi connectivity index (χ3n) is 5.86. The molecule has 1 aliphatic heterocycles. The number of sulfone groups is 1. The number of thioether (sulfide) groups is 1. The van der Waals surface area contributed by atoms with Crippen LogP contribution in [0.4, 0.5) is 10.1 Å². The average molecular weight is 496 g/mol. The van der Waals surface area contributed by atoms with Crippen molar-refractivity contribution in [2.75, 3.05) is 24.3 Å². The van der Waals surface area contributed by atoms with E-state index in [1.54, 1.807) is 6.07 Å². The molecule has 0 aromatic heterocycles. The molecular weight excluding hydrogens is 465 g/mol. The second kappa shape index (κ2) is 11.4. The minimum atomic E-state index is -4.29. The zero-order valence-corrected chi connectivity index (χ0v) is 20.5. The predicted molar refractivity (Wildman–Crippen MR) is 129 cm³/mol. The number of carbonyl (C=O) groups excluding carboxylic acids is 1. The first-order valence-electron chi connectivity index (χ1n) is 11.0. The van der Waals surface area contributed by atoms with Gasteiger partial charge >= 0.3 is 0 Å². The van der Waals surface area contributed by atoms with Gasteiger partial charge in [0, 0.05) is 24.2 Å². The molecule has 0 saturated carbocycles. The SMILES string of the molecule is CCCC[C@@H]1CN(C2=CC=CCC2)c2cc(SC)c(O/C=C(/C=O)CO)cc2S(=O)(=O)C1F. The molecule has 2 atom stereocenters. The maximum absolute atomic E-state index is 15.6. The van der Waals surface area contributed by atoms with E-state index in [-0.39, 0.29) is 22.8 Å². The maximum atomic E-state index is 15.6. The molecule has 0 amide bonds. The lowest BCUT2D eigenvalue weighted by Crippen LogP contribution is -2.33. The fourth-order valence-electron chi connectivity index (χ4n) is 4.03. The molecular formula is C24H30FNO5S2. The highest BCUT2D eigenvalue weighted by Gasteiger charge is 2.42. The van der Waals surface area contributed by atoms with Crippen LogP contribution < -0.4 is 9.64 Å². The molecule has 1 aliphatic carbocycles. The lowest BCUT2D eigenvalue weighted by molar-refractivity contribution is -0.105. The fourth-order valence-corrected chi connectivity index (χ4v) is 6.27. The van der Waals surface area contributed by atoms with Gasteiger partial charge in [-0.25, -0.2) is 12.8 Å². The Morgan fingerprint density at radius 3 is 2.79 bits per heavy atom. The Morgan fingerprint density at radius 1 is 1.39 bits per heavy atom. The van der Waals surface area contributed by atoms with Gasteiger partial charge in [-0.15, -0.1) is 11.8 Å². The molecule has 0 fully saturated rings. The van der Waals surface area contributed by atoms with Crippen LogP contribution in [0, 0.1) is 5.92 Å². The van der Waals surface area contributed by atoms with Crippen LogP contribution in [-0.2, 0) is 14.6 Å². The second-order valence-corrected chi connectivity index (χ2v) is 10.9. The molecule has 180 valence electrons. The summed E-state index contributed by atoms with van der Waals surface area (Å²) in [6, 6.07) is 3.06. The zero-order valence-electron chi connectivity index (χ0n) is 18.9. The van der Waals surface area contributed by atoms with Gasteiger partial charge < -0.3 is 14.7 Å². The summed E-state index contributed by atoms with van der Waals surface area (Å²) in [7, 11) is -4.29. The monoisotopic (exact) mass is 495 g/mol. The molecule has 2 aliphatic rings. The van der Waals surface area contributed by atoms with Crippen molar-refractivity contribution in [3.8, 4) is 5.75 Å². The number of carbonyl (C=O) groups is 1. The molecule has 1 heterocycles. The highest BCUT2D eigenvalue weighted by Crippen LogP contribution is 2.45. The Kier molecular flexibility index (Phi) is 8.78. The number of alkyl halides is 1. The molecule has 1 unspecified atom stereocenters. The zero-order chi connectivity index (χ0) is 24.0. The molecule has 0 spiro atoms. The van der Waals surface area contributed by atoms with Crippen molar-refractivity contribution < 1.29 is 27.4 Å². The summed E-state index contributed by atoms with van der Waals surface area (Å²) in [4.78, 5) is 13.5. The quantitative estimate of drug-likeness (QED) is 0.228. The topological polar surface area (TPSA) is 83.9 Å². The van der Waals surface area contributed by atoms with E-state index in [1.807, 2.05) is 36.3 Å². The van der Waals surface area contributed by atoms with Crippen LogP contribution in [0.25, 0.3) is 0 Å². The summed E-state index contributed by atoms with van der Waals surface area (Å²) in [6.45, 7) is 1.77. The van der Waals surface area contributed by atoms with Crippen LogP contribution in [0.1, 0.15) is 39.0 Å². The molecule has 9 heteroatoms. The van der Waals surface area contributed by atoms with Gasteiger partial charge in [0.2, 0.25) is 15.3 Å². The van der Waals surface area contributed by atoms with Gasteiger partial charge in [-0.1, -0.05) is 31.9 Å². The van der Waals surface area contributed by atoms with Crippen molar-refractivity contribution in [1.29, 1.82) is 0 Å². The van der Waals surface area contributed by atoms with Crippen molar-refractivity contribution >= 4 is 33.6 Å². The standard InChI is InChI=1S/C24H30FNO5S2/c1-3-4-8-18-13-26(19-9-6-5-7-10-19)20-11-22(32-2)21(31-16-17(14-27)15-28)12-23(20)33(29,30)24(18)25/h5-6,9,11-12,14,16,18,24,28H,3-4,7-8,10,13,15H2,1-2H3/b17-16-/t18-,24?/m1/s1. The first-order chi connectivity index (χ1) is 15.9. The molecule has 1 aromatic carbocycles. The van der Waals surface area contributed by atoms with Crippen molar-refractivity contribution in [2.45, 2.75) is 54.3 Å². The molecule has 0 radical (unpaired) electrons. The number of unbranched alkanes of at least 4 members (excludes halogenated alkanes) is 1. The fraction of sp³-hybridized carbons (Fsp3) is 0.458. The molecule has 1 aromatic rings. The highest BCUT2D eigenvalue weighted by atomic mass is 32.2. The predicted octanol–water partition coefficient (Wildman–Crippen LogP) is 4.79. The second-order valence-electron chi connectivity index (χ2n) is 8.09. The van der Waals surface area contributed by atoms with Crippen molar-refractivity contribution in [3.05, 3.63) is 47.9 Å². The highest BCUT2D eigenvalue weighted by molar-refractivity contribution is 7.98. The van der Waals surface area contributed by atoms with Gasteiger partial charge in [-0.2, -0.15) is 0 Å². The van der Waals surface area contributed by atoms with Crippen LogP contribution in [0.3, 0.4) is 0 Å². The number of anilines is 1. The Morgan fingerprint density at radius 2 is 2.18 bits per heavy atom. The lowest BCUT2D eigenvalue weighted by Gasteiger charge is -2.31. The minimum Gasteiger partial charge on any atom is -0.463 e. The van der Waals surface area contributed by atoms with E-state index in [1.165, 1.54) is 17.8 Å². The van der Waals surface area contributed by atoms with E-state index in [9.17, 15) is 18.3 Å². The number of hydrogen-bond acceptors (Lipinski definition) is 7. The first kappa shape index (κ1) is 25.5. The Hall–Kier alpha value is -2.10. The number of benzene rings is 1. The maximum Gasteiger partial charge on any atom is 0.212 e. The van der Waals surface area contributed by atoms with Gasteiger partial charge in [0.05, 0.1) is 33.9 Å². The molecule has 1 N–H and O–H groups in total. The van der Waals surface area contributed by atoms with Crippen LogP contribution in [0.2, 0.25) is 0 Å². The molecule has 33 heavy (non-hydrogen) atoms. The van der Waals surface area contributed by atoms with Crippen LogP contribution in [0.5, 0.6) is 5.75 Å². The molecule has 0 saturated heterocycles. The minimum absolute atomic E-state index is 0.00336. The third kappa shape index (κ3) is 5.53. The Labute approximate surface area is 199 Å². The Bertz CT molecular complexity index is 1060. The average Bonchev–Trinajstić information content (AvgIpc) is 2.91. The molecule has 6 nitrogen and oxygen atoms in total. The number of allylic oxidation sites excluding steroid dienone is 4. The Balaban J connectivity index is 2.19. The van der Waals surface area contributed by atoms with Gasteiger partial charge in [0.15, 0.2) is 6.29 Å². The van der Waals surface area contributed by atoms with Crippen molar-refractivity contribution in [3.63, 3.8) is 0 Å². The summed E-state index contributed by atoms with van der Waals surface area (Å²) in [5.41, 5.74) is -0.631. The van der Waals surface area contributed by atoms with Crippen molar-refractivity contribution in [2.24, 2.45) is 5.92 Å². The number of aliphatic hydroxyl groups excluding tert-OH is 1. The number of ether oxygens (including phenoxy) is 1. The number of halogens is 1. The lowest BCUT2D eigenvalue weighted by atomic mass is 10.0. The van der Waals surface area contributed by atoms with Gasteiger partial charge in [-0.3, -0.25) is 4.79 Å². The molecule has 0 bridgehead atoms. The number of rotatable bonds is 9. The summed E-state index contributed by atoms with van der Waals surface area (Å²) in [6.07, 6.45) is 13.0. The number of hydrogen-bond donors (Lipinski definition) is 1. The number of nitrogens with zero attached hydrogens (tertiary/aromatic N) is 1. The van der Waals surface area contributed by atoms with E-state index >= 15 is 4.39 Å². The van der Waals surface area contributed by atoms with E-state index in [0.717, 1.165) is 37.6 Å². The van der Waals surface area contributed by atoms with Crippen LogP contribution in [-0.4, -0.2) is 44.7 Å². The van der Waals surface area contributed by atoms with E-state index < -0.39 is 27.9 Å². The van der Waals surface area contributed by atoms with Crippen LogP contribution >= 0.6 is 11.8 Å². The number of aliphatic hydroxyl groups is 1. The third-order valence-corrected chi connectivity index (χ3v) is 8.54. The summed E-state index contributed by atoms with van der Waals surface area (Å²) in [5, 5.41) is 9.21. The van der Waals surface area contributed by atoms with Crippen LogP contribution in [0.15, 0.2) is 57.7 Å². The summed E-state index contributed by atoms with van der Waals surface area (Å²) in [5.74, 6) is -0.471. The van der Waals surface area contributed by atoms with Gasteiger partial charge in [0.25, 0.3) is 0 Å². The smallest absolute Gasteiger partial charge is 0.212 e. The van der Waals surface area contributed by atoms with Gasteiger partial charge in [-0.05, 0) is 37.7 Å². The normalized spacial score (nSPS) is 22.4. The summed E-state index contributed by atoms with van der Waals surface area (Å²) < 4.78 is 48.0. The number of fused-ring (bicyclic) bond motifs is 1. The van der Waals surface area contributed by atoms with E-state index in [0.29, 0.717) is 23.3 Å². The van der Waals surface area contributed by atoms with Crippen molar-refractivity contribution in [1.82, 2.24) is 0 Å². The number of aldehydes is 1. The molecule has 3 rings (SSSR count). The van der Waals surface area contributed by atoms with Gasteiger partial charge in [0.1, 0.15) is 5.75 Å². The van der Waals surface area contributed by atoms with E-state index in [2.05, 4.69) is 0 Å². The first-order valence-corrected chi connectivity index (χ1v) is 13.8.